The van der Waals surface area contributed by atoms with Crippen LogP contribution in [0, 0.1) is 0 Å². The molecule has 0 radical (unpaired) electrons. The number of aryl methyl sites for hydroxylation is 1. The molecule has 7 nitrogen and oxygen atoms in total. The molecule has 0 fully saturated rings. The van der Waals surface area contributed by atoms with Crippen LogP contribution in [0.5, 0.6) is 0 Å². The molecule has 1 aromatic heterocycles. The number of likely N-dealkylation sites (N-methyl/N-ethyl adjacent to an activating group) is 1. The smallest absolute Gasteiger partial charge is 0.266 e. The first kappa shape index (κ1) is 20.6. The molecule has 2 N–H and O–H groups in total. The van der Waals surface area contributed by atoms with Crippen LogP contribution in [-0.2, 0) is 16.0 Å². The lowest BCUT2D eigenvalue weighted by atomic mass is 10.1. The van der Waals surface area contributed by atoms with E-state index in [1.165, 1.54) is 17.2 Å². The average Bonchev–Trinajstić information content (AvgIpc) is 2.76. The number of nitrogens with zero attached hydrogens (tertiary/aromatic N) is 2. The quantitative estimate of drug-likeness (QED) is 0.458. The Morgan fingerprint density at radius 3 is 2.48 bits per heavy atom. The fourth-order valence-corrected chi connectivity index (χ4v) is 3.61. The number of hydrogen-bond acceptors (Lipinski definition) is 5. The van der Waals surface area contributed by atoms with Gasteiger partial charge in [0.15, 0.2) is 5.16 Å². The minimum Gasteiger partial charge on any atom is -0.358 e. The van der Waals surface area contributed by atoms with Gasteiger partial charge in [0, 0.05) is 7.05 Å². The van der Waals surface area contributed by atoms with Crippen LogP contribution in [0.25, 0.3) is 16.6 Å². The second kappa shape index (κ2) is 9.38. The zero-order chi connectivity index (χ0) is 20.8. The normalized spacial score (nSPS) is 10.7. The number of fused-ring (bicyclic) bond motifs is 1. The highest BCUT2D eigenvalue weighted by Crippen LogP contribution is 2.21. The maximum Gasteiger partial charge on any atom is 0.266 e. The van der Waals surface area contributed by atoms with Crippen molar-refractivity contribution in [3.63, 3.8) is 0 Å². The molecule has 0 unspecified atom stereocenters. The van der Waals surface area contributed by atoms with Crippen LogP contribution < -0.4 is 16.2 Å². The number of para-hydroxylation sites is 1. The van der Waals surface area contributed by atoms with E-state index in [0.717, 1.165) is 18.2 Å². The predicted octanol–water partition coefficient (Wildman–Crippen LogP) is 1.90. The van der Waals surface area contributed by atoms with Gasteiger partial charge in [0.2, 0.25) is 11.8 Å². The molecule has 3 rings (SSSR count). The van der Waals surface area contributed by atoms with Crippen molar-refractivity contribution >= 4 is 34.5 Å². The maximum absolute atomic E-state index is 13.2. The fraction of sp³-hybridized carbons (Fsp3) is 0.238. The van der Waals surface area contributed by atoms with Crippen LogP contribution in [0.3, 0.4) is 0 Å². The third kappa shape index (κ3) is 4.83. The van der Waals surface area contributed by atoms with Crippen molar-refractivity contribution in [3.8, 4) is 5.69 Å². The Kier molecular flexibility index (Phi) is 6.66. The summed E-state index contributed by atoms with van der Waals surface area (Å²) in [5.74, 6) is -0.552. The summed E-state index contributed by atoms with van der Waals surface area (Å²) in [6, 6.07) is 14.8. The van der Waals surface area contributed by atoms with Gasteiger partial charge in [-0.2, -0.15) is 0 Å². The van der Waals surface area contributed by atoms with Crippen LogP contribution in [0.4, 0.5) is 0 Å². The molecule has 2 aromatic carbocycles. The first-order chi connectivity index (χ1) is 14.0. The van der Waals surface area contributed by atoms with Crippen molar-refractivity contribution in [1.29, 1.82) is 0 Å². The molecule has 8 heteroatoms. The highest BCUT2D eigenvalue weighted by atomic mass is 32.2. The molecular weight excluding hydrogens is 388 g/mol. The van der Waals surface area contributed by atoms with Gasteiger partial charge < -0.3 is 10.6 Å². The van der Waals surface area contributed by atoms with E-state index in [1.807, 2.05) is 30.3 Å². The van der Waals surface area contributed by atoms with Crippen LogP contribution in [0.2, 0.25) is 0 Å². The first-order valence-electron chi connectivity index (χ1n) is 9.24. The van der Waals surface area contributed by atoms with Crippen molar-refractivity contribution in [2.75, 3.05) is 19.3 Å². The summed E-state index contributed by atoms with van der Waals surface area (Å²) in [5, 5.41) is 5.92. The molecule has 0 aliphatic heterocycles. The van der Waals surface area contributed by atoms with Crippen LogP contribution in [0.1, 0.15) is 12.5 Å². The van der Waals surface area contributed by atoms with Gasteiger partial charge in [-0.25, -0.2) is 4.98 Å². The number of rotatable bonds is 7. The zero-order valence-corrected chi connectivity index (χ0v) is 17.1. The van der Waals surface area contributed by atoms with Gasteiger partial charge in [-0.15, -0.1) is 0 Å². The summed E-state index contributed by atoms with van der Waals surface area (Å²) in [5.41, 5.74) is 2.25. The highest BCUT2D eigenvalue weighted by Gasteiger charge is 2.15. The molecule has 150 valence electrons. The molecule has 0 aliphatic carbocycles. The van der Waals surface area contributed by atoms with Gasteiger partial charge in [-0.05, 0) is 36.2 Å². The zero-order valence-electron chi connectivity index (χ0n) is 16.3. The summed E-state index contributed by atoms with van der Waals surface area (Å²) in [6.45, 7) is 1.98. The first-order valence-corrected chi connectivity index (χ1v) is 10.2. The second-order valence-corrected chi connectivity index (χ2v) is 7.25. The summed E-state index contributed by atoms with van der Waals surface area (Å²) < 4.78 is 1.53. The summed E-state index contributed by atoms with van der Waals surface area (Å²) in [7, 11) is 1.50. The van der Waals surface area contributed by atoms with E-state index in [0.29, 0.717) is 21.7 Å². The number of amides is 2. The van der Waals surface area contributed by atoms with Gasteiger partial charge >= 0.3 is 0 Å². The summed E-state index contributed by atoms with van der Waals surface area (Å²) in [4.78, 5) is 41.1. The van der Waals surface area contributed by atoms with E-state index in [-0.39, 0.29) is 29.7 Å². The van der Waals surface area contributed by atoms with E-state index in [2.05, 4.69) is 22.5 Å². The van der Waals surface area contributed by atoms with Crippen molar-refractivity contribution in [2.24, 2.45) is 0 Å². The lowest BCUT2D eigenvalue weighted by Gasteiger charge is -2.13. The van der Waals surface area contributed by atoms with Gasteiger partial charge in [0.1, 0.15) is 0 Å². The minimum atomic E-state index is -0.311. The van der Waals surface area contributed by atoms with Gasteiger partial charge in [0.05, 0.1) is 28.9 Å². The molecule has 0 saturated heterocycles. The van der Waals surface area contributed by atoms with Gasteiger partial charge in [-0.1, -0.05) is 43.0 Å². The summed E-state index contributed by atoms with van der Waals surface area (Å²) >= 11 is 1.16. The number of hydrogen-bond donors (Lipinski definition) is 2. The summed E-state index contributed by atoms with van der Waals surface area (Å²) in [6.07, 6.45) is 0.901. The Morgan fingerprint density at radius 1 is 1.07 bits per heavy atom. The second-order valence-electron chi connectivity index (χ2n) is 6.31. The largest absolute Gasteiger partial charge is 0.358 e. The van der Waals surface area contributed by atoms with Gasteiger partial charge in [0.25, 0.3) is 5.56 Å². The molecule has 3 aromatic rings. The molecule has 2 amide bonds. The Bertz CT molecular complexity index is 1090. The predicted molar refractivity (Wildman–Crippen MR) is 115 cm³/mol. The average molecular weight is 410 g/mol. The maximum atomic E-state index is 13.2. The van der Waals surface area contributed by atoms with E-state index < -0.39 is 0 Å². The number of benzene rings is 2. The van der Waals surface area contributed by atoms with Crippen molar-refractivity contribution in [2.45, 2.75) is 18.5 Å². The minimum absolute atomic E-state index is 0.0365. The molecule has 1 heterocycles. The Morgan fingerprint density at radius 2 is 1.79 bits per heavy atom. The molecule has 0 atom stereocenters. The Labute approximate surface area is 172 Å². The third-order valence-electron chi connectivity index (χ3n) is 4.41. The number of carbonyl (C=O) groups is 2. The van der Waals surface area contributed by atoms with Crippen LogP contribution in [-0.4, -0.2) is 40.7 Å². The van der Waals surface area contributed by atoms with Crippen molar-refractivity contribution in [1.82, 2.24) is 20.2 Å². The van der Waals surface area contributed by atoms with E-state index in [4.69, 9.17) is 0 Å². The number of thioether (sulfide) groups is 1. The van der Waals surface area contributed by atoms with E-state index in [1.54, 1.807) is 18.2 Å². The van der Waals surface area contributed by atoms with Crippen LogP contribution in [0.15, 0.2) is 58.5 Å². The van der Waals surface area contributed by atoms with Crippen molar-refractivity contribution < 1.29 is 9.59 Å². The number of carbonyl (C=O) groups excluding carboxylic acids is 2. The lowest BCUT2D eigenvalue weighted by molar-refractivity contribution is -0.124. The molecule has 0 saturated carbocycles. The highest BCUT2D eigenvalue weighted by molar-refractivity contribution is 7.99. The van der Waals surface area contributed by atoms with E-state index >= 15 is 0 Å². The molecule has 0 spiro atoms. The molecule has 29 heavy (non-hydrogen) atoms. The molecular formula is C21H22N4O3S. The lowest BCUT2D eigenvalue weighted by Crippen LogP contribution is -2.36. The SMILES string of the molecule is CCc1ccc(-n2c(SCC(=O)NCC(=O)NC)nc3ccccc3c2=O)cc1. The fourth-order valence-electron chi connectivity index (χ4n) is 2.77. The topological polar surface area (TPSA) is 93.1 Å². The van der Waals surface area contributed by atoms with Gasteiger partial charge in [-0.3, -0.25) is 19.0 Å². The third-order valence-corrected chi connectivity index (χ3v) is 5.34. The monoisotopic (exact) mass is 410 g/mol. The Balaban J connectivity index is 1.95. The Hall–Kier alpha value is -3.13. The molecule has 0 bridgehead atoms. The van der Waals surface area contributed by atoms with Crippen molar-refractivity contribution in [3.05, 3.63) is 64.4 Å². The van der Waals surface area contributed by atoms with Crippen LogP contribution >= 0.6 is 11.8 Å². The number of aromatic nitrogens is 2. The molecule has 0 aliphatic rings. The standard InChI is InChI=1S/C21H22N4O3S/c1-3-14-8-10-15(11-9-14)25-20(28)16-6-4-5-7-17(16)24-21(25)29-13-19(27)23-12-18(26)22-2/h4-11H,3,12-13H2,1-2H3,(H,22,26)(H,23,27). The van der Waals surface area contributed by atoms with E-state index in [9.17, 15) is 14.4 Å². The number of nitrogens with one attached hydrogen (secondary N) is 2.